The van der Waals surface area contributed by atoms with Gasteiger partial charge in [-0.05, 0) is 87.9 Å². The van der Waals surface area contributed by atoms with Gasteiger partial charge in [0.05, 0.1) is 6.61 Å². The van der Waals surface area contributed by atoms with E-state index in [-0.39, 0.29) is 12.0 Å². The van der Waals surface area contributed by atoms with E-state index in [1.54, 1.807) is 12.5 Å². The van der Waals surface area contributed by atoms with E-state index >= 15 is 0 Å². The molecule has 4 rings (SSSR count). The van der Waals surface area contributed by atoms with Gasteiger partial charge in [-0.15, -0.1) is 0 Å². The number of aliphatic hydroxyl groups excluding tert-OH is 1. The van der Waals surface area contributed by atoms with Crippen molar-refractivity contribution in [3.05, 3.63) is 11.6 Å². The molecule has 6 atom stereocenters. The maximum absolute atomic E-state index is 11.8. The molecule has 0 radical (unpaired) electrons. The van der Waals surface area contributed by atoms with Crippen LogP contribution in [0.15, 0.2) is 11.6 Å². The maximum atomic E-state index is 11.8. The lowest BCUT2D eigenvalue weighted by atomic mass is 9.47. The number of carbonyl (C=O) groups excluding carboxylic acids is 1. The number of aliphatic hydroxyl groups is 1. The van der Waals surface area contributed by atoms with Crippen molar-refractivity contribution in [2.24, 2.45) is 28.6 Å². The molecule has 0 aliphatic heterocycles. The Morgan fingerprint density at radius 1 is 1.23 bits per heavy atom. The first-order valence-electron chi connectivity index (χ1n) is 10.7. The molecule has 0 spiro atoms. The predicted molar refractivity (Wildman–Crippen MR) is 99.4 cm³/mol. The first-order valence-corrected chi connectivity index (χ1v) is 10.7. The lowest BCUT2D eigenvalue weighted by Crippen LogP contribution is -2.53. The standard InChI is InChI=1S/C22H34O4/c1-3-25-20(24)26-19(23)22-13-6-8-18(22)16-10-9-15-7-4-5-12-21(15,2)17(16)11-14-22/h7,16-19,23H,3-6,8-14H2,1-2H3/t16-,17+,18+,19?,21+,22-/m1/s1. The van der Waals surface area contributed by atoms with Gasteiger partial charge in [0, 0.05) is 5.41 Å². The molecule has 26 heavy (non-hydrogen) atoms. The summed E-state index contributed by atoms with van der Waals surface area (Å²) in [5.41, 5.74) is 1.82. The lowest BCUT2D eigenvalue weighted by molar-refractivity contribution is -0.197. The molecule has 146 valence electrons. The molecule has 0 aromatic carbocycles. The Hall–Kier alpha value is -1.03. The maximum Gasteiger partial charge on any atom is 0.510 e. The summed E-state index contributed by atoms with van der Waals surface area (Å²) in [6.07, 6.45) is 12.5. The van der Waals surface area contributed by atoms with E-state index in [0.29, 0.717) is 17.3 Å². The number of fused-ring (bicyclic) bond motifs is 5. The number of hydrogen-bond donors (Lipinski definition) is 1. The van der Waals surface area contributed by atoms with Crippen LogP contribution in [-0.4, -0.2) is 24.2 Å². The third-order valence-electron chi connectivity index (χ3n) is 8.40. The van der Waals surface area contributed by atoms with Crippen LogP contribution in [0.5, 0.6) is 0 Å². The normalized spacial score (nSPS) is 42.7. The van der Waals surface area contributed by atoms with E-state index in [9.17, 15) is 9.90 Å². The molecule has 1 unspecified atom stereocenters. The second kappa shape index (κ2) is 6.85. The van der Waals surface area contributed by atoms with Crippen LogP contribution in [0.2, 0.25) is 0 Å². The van der Waals surface area contributed by atoms with Crippen molar-refractivity contribution in [2.75, 3.05) is 6.61 Å². The van der Waals surface area contributed by atoms with E-state index in [0.717, 1.165) is 31.6 Å². The van der Waals surface area contributed by atoms with Gasteiger partial charge < -0.3 is 14.6 Å². The summed E-state index contributed by atoms with van der Waals surface area (Å²) in [7, 11) is 0. The van der Waals surface area contributed by atoms with Crippen LogP contribution in [0, 0.1) is 28.6 Å². The average molecular weight is 363 g/mol. The third kappa shape index (κ3) is 2.71. The minimum absolute atomic E-state index is 0.250. The molecule has 3 saturated carbocycles. The Bertz CT molecular complexity index is 585. The van der Waals surface area contributed by atoms with Crippen molar-refractivity contribution in [3.63, 3.8) is 0 Å². The Morgan fingerprint density at radius 3 is 2.88 bits per heavy atom. The molecule has 4 heteroatoms. The Labute approximate surface area is 157 Å². The molecule has 0 aromatic rings. The second-order valence-electron chi connectivity index (χ2n) is 9.27. The van der Waals surface area contributed by atoms with Crippen LogP contribution >= 0.6 is 0 Å². The summed E-state index contributed by atoms with van der Waals surface area (Å²) in [6, 6.07) is 0. The van der Waals surface area contributed by atoms with E-state index in [1.165, 1.54) is 38.5 Å². The zero-order valence-electron chi connectivity index (χ0n) is 16.3. The molecule has 0 bridgehead atoms. The van der Waals surface area contributed by atoms with Gasteiger partial charge in [0.25, 0.3) is 0 Å². The zero-order valence-corrected chi connectivity index (χ0v) is 16.3. The van der Waals surface area contributed by atoms with Gasteiger partial charge in [-0.1, -0.05) is 25.0 Å². The van der Waals surface area contributed by atoms with Crippen molar-refractivity contribution in [3.8, 4) is 0 Å². The minimum atomic E-state index is -1.02. The predicted octanol–water partition coefficient (Wildman–Crippen LogP) is 5.20. The van der Waals surface area contributed by atoms with Crippen LogP contribution in [0.1, 0.15) is 78.1 Å². The monoisotopic (exact) mass is 362 g/mol. The van der Waals surface area contributed by atoms with E-state index in [4.69, 9.17) is 9.47 Å². The van der Waals surface area contributed by atoms with Crippen LogP contribution in [-0.2, 0) is 9.47 Å². The largest absolute Gasteiger partial charge is 0.510 e. The van der Waals surface area contributed by atoms with Crippen LogP contribution < -0.4 is 0 Å². The first-order chi connectivity index (χ1) is 12.5. The number of ether oxygens (including phenoxy) is 2. The molecule has 4 aliphatic rings. The van der Waals surface area contributed by atoms with Gasteiger partial charge in [-0.2, -0.15) is 0 Å². The molecule has 0 amide bonds. The number of allylic oxidation sites excluding steroid dienone is 2. The highest BCUT2D eigenvalue weighted by Gasteiger charge is 2.60. The Kier molecular flexibility index (Phi) is 4.83. The van der Waals surface area contributed by atoms with Crippen molar-refractivity contribution < 1.29 is 19.4 Å². The highest BCUT2D eigenvalue weighted by atomic mass is 16.8. The Balaban J connectivity index is 1.57. The summed E-state index contributed by atoms with van der Waals surface area (Å²) in [5.74, 6) is 1.87. The number of hydrogen-bond acceptors (Lipinski definition) is 4. The number of rotatable bonds is 3. The molecular weight excluding hydrogens is 328 g/mol. The smallest absolute Gasteiger partial charge is 0.435 e. The van der Waals surface area contributed by atoms with Gasteiger partial charge in [0.15, 0.2) is 0 Å². The molecule has 4 nitrogen and oxygen atoms in total. The topological polar surface area (TPSA) is 55.8 Å². The van der Waals surface area contributed by atoms with Crippen LogP contribution in [0.4, 0.5) is 4.79 Å². The Morgan fingerprint density at radius 2 is 2.08 bits per heavy atom. The van der Waals surface area contributed by atoms with Crippen molar-refractivity contribution in [1.82, 2.24) is 0 Å². The second-order valence-corrected chi connectivity index (χ2v) is 9.27. The van der Waals surface area contributed by atoms with Gasteiger partial charge in [-0.3, -0.25) is 0 Å². The van der Waals surface area contributed by atoms with Crippen molar-refractivity contribution in [1.29, 1.82) is 0 Å². The molecular formula is C22H34O4. The molecule has 0 heterocycles. The fourth-order valence-corrected chi connectivity index (χ4v) is 7.25. The summed E-state index contributed by atoms with van der Waals surface area (Å²) in [6.45, 7) is 4.54. The molecule has 1 N–H and O–H groups in total. The van der Waals surface area contributed by atoms with E-state index in [1.807, 2.05) is 0 Å². The highest BCUT2D eigenvalue weighted by Crippen LogP contribution is 2.66. The van der Waals surface area contributed by atoms with Crippen LogP contribution in [0.25, 0.3) is 0 Å². The lowest BCUT2D eigenvalue weighted by Gasteiger charge is -2.58. The molecule has 4 aliphatic carbocycles. The fraction of sp³-hybridized carbons (Fsp3) is 0.864. The minimum Gasteiger partial charge on any atom is -0.435 e. The van der Waals surface area contributed by atoms with Crippen LogP contribution in [0.3, 0.4) is 0 Å². The quantitative estimate of drug-likeness (QED) is 0.426. The summed E-state index contributed by atoms with van der Waals surface area (Å²) < 4.78 is 10.2. The summed E-state index contributed by atoms with van der Waals surface area (Å²) in [4.78, 5) is 11.8. The average Bonchev–Trinajstić information content (AvgIpc) is 3.07. The summed E-state index contributed by atoms with van der Waals surface area (Å²) >= 11 is 0. The zero-order chi connectivity index (χ0) is 18.4. The molecule has 0 saturated heterocycles. The highest BCUT2D eigenvalue weighted by molar-refractivity contribution is 5.60. The van der Waals surface area contributed by atoms with Gasteiger partial charge in [-0.25, -0.2) is 4.79 Å². The van der Waals surface area contributed by atoms with Gasteiger partial charge in [0.1, 0.15) is 0 Å². The van der Waals surface area contributed by atoms with Gasteiger partial charge >= 0.3 is 6.16 Å². The van der Waals surface area contributed by atoms with Gasteiger partial charge in [0.2, 0.25) is 6.29 Å². The third-order valence-corrected chi connectivity index (χ3v) is 8.40. The first kappa shape index (κ1) is 18.3. The van der Waals surface area contributed by atoms with Crippen molar-refractivity contribution >= 4 is 6.16 Å². The summed E-state index contributed by atoms with van der Waals surface area (Å²) in [5, 5.41) is 10.9. The van der Waals surface area contributed by atoms with E-state index < -0.39 is 12.4 Å². The van der Waals surface area contributed by atoms with Crippen molar-refractivity contribution in [2.45, 2.75) is 84.3 Å². The molecule has 3 fully saturated rings. The fourth-order valence-electron chi connectivity index (χ4n) is 7.25. The SMILES string of the molecule is CCOC(=O)OC(O)[C@@]12CCC[C@H]1[C@@H]1CCC3=CCCC[C@]3(C)[C@H]1CC2. The number of carbonyl (C=O) groups is 1. The molecule has 0 aromatic heterocycles. The van der Waals surface area contributed by atoms with E-state index in [2.05, 4.69) is 13.0 Å².